The maximum atomic E-state index is 12.7. The lowest BCUT2D eigenvalue weighted by molar-refractivity contribution is -0.153. The number of methoxy groups -OCH3 is 2. The predicted molar refractivity (Wildman–Crippen MR) is 118 cm³/mol. The van der Waals surface area contributed by atoms with Crippen molar-refractivity contribution in [3.63, 3.8) is 0 Å². The Morgan fingerprint density at radius 3 is 2.45 bits per heavy atom. The summed E-state index contributed by atoms with van der Waals surface area (Å²) in [5.41, 5.74) is 0.0648. The first-order valence-corrected chi connectivity index (χ1v) is 11.0. The Bertz CT molecular complexity index is 911. The van der Waals surface area contributed by atoms with Gasteiger partial charge in [-0.2, -0.15) is 0 Å². The van der Waals surface area contributed by atoms with Gasteiger partial charge in [-0.25, -0.2) is 4.79 Å². The van der Waals surface area contributed by atoms with Gasteiger partial charge in [-0.3, -0.25) is 19.3 Å². The Morgan fingerprint density at radius 1 is 1.09 bits per heavy atom. The van der Waals surface area contributed by atoms with E-state index < -0.39 is 30.7 Å². The van der Waals surface area contributed by atoms with Gasteiger partial charge >= 0.3 is 12.0 Å². The minimum atomic E-state index is -0.893. The molecule has 0 aromatic heterocycles. The molecule has 1 aliphatic carbocycles. The minimum absolute atomic E-state index is 0.384. The fourth-order valence-corrected chi connectivity index (χ4v) is 4.20. The zero-order valence-electron chi connectivity index (χ0n) is 19.3. The standard InChI is InChI=1S/C23H31N3O7/c1-25(12-9-16-7-8-17(31-2)18(13-16)32-3)19(27)15-33-20(28)14-26-21(29)23(24-22(26)30)10-5-4-6-11-23/h7-8,13H,4-6,9-12,14-15H2,1-3H3,(H,24,30). The number of carbonyl (C=O) groups is 4. The second kappa shape index (κ2) is 10.5. The number of hydrogen-bond acceptors (Lipinski definition) is 7. The molecule has 0 atom stereocenters. The number of likely N-dealkylation sites (N-methyl/N-ethyl adjacent to an activating group) is 1. The predicted octanol–water partition coefficient (Wildman–Crippen LogP) is 1.50. The van der Waals surface area contributed by atoms with Crippen LogP contribution in [0, 0.1) is 0 Å². The number of urea groups is 1. The van der Waals surface area contributed by atoms with Gasteiger partial charge in [0.2, 0.25) is 0 Å². The van der Waals surface area contributed by atoms with Crippen molar-refractivity contribution in [1.29, 1.82) is 0 Å². The van der Waals surface area contributed by atoms with Gasteiger partial charge in [0.25, 0.3) is 11.8 Å². The molecule has 0 bridgehead atoms. The number of ether oxygens (including phenoxy) is 3. The van der Waals surface area contributed by atoms with Crippen molar-refractivity contribution < 1.29 is 33.4 Å². The molecular formula is C23H31N3O7. The van der Waals surface area contributed by atoms with E-state index in [4.69, 9.17) is 14.2 Å². The van der Waals surface area contributed by atoms with Crippen molar-refractivity contribution in [2.45, 2.75) is 44.1 Å². The summed E-state index contributed by atoms with van der Waals surface area (Å²) in [6.07, 6.45) is 4.46. The fourth-order valence-electron chi connectivity index (χ4n) is 4.20. The van der Waals surface area contributed by atoms with E-state index in [-0.39, 0.29) is 11.8 Å². The highest BCUT2D eigenvalue weighted by molar-refractivity contribution is 6.08. The number of benzene rings is 1. The third-order valence-electron chi connectivity index (χ3n) is 6.21. The highest BCUT2D eigenvalue weighted by Gasteiger charge is 2.51. The number of imide groups is 1. The van der Waals surface area contributed by atoms with Crippen LogP contribution < -0.4 is 14.8 Å². The number of carbonyl (C=O) groups excluding carboxylic acids is 4. The third kappa shape index (κ3) is 5.55. The van der Waals surface area contributed by atoms with Crippen LogP contribution in [0.3, 0.4) is 0 Å². The van der Waals surface area contributed by atoms with E-state index in [1.165, 1.54) is 4.90 Å². The summed E-state index contributed by atoms with van der Waals surface area (Å²) in [5, 5.41) is 2.74. The van der Waals surface area contributed by atoms with Gasteiger partial charge < -0.3 is 24.4 Å². The maximum Gasteiger partial charge on any atom is 0.326 e. The molecule has 33 heavy (non-hydrogen) atoms. The first-order valence-electron chi connectivity index (χ1n) is 11.0. The van der Waals surface area contributed by atoms with Gasteiger partial charge in [0, 0.05) is 13.6 Å². The molecule has 1 spiro atoms. The van der Waals surface area contributed by atoms with Crippen molar-refractivity contribution in [2.24, 2.45) is 0 Å². The van der Waals surface area contributed by atoms with E-state index in [9.17, 15) is 19.2 Å². The number of esters is 1. The number of hydrogen-bond donors (Lipinski definition) is 1. The van der Waals surface area contributed by atoms with Gasteiger partial charge in [-0.05, 0) is 37.0 Å². The van der Waals surface area contributed by atoms with E-state index in [0.29, 0.717) is 37.3 Å². The quantitative estimate of drug-likeness (QED) is 0.438. The Balaban J connectivity index is 1.45. The lowest BCUT2D eigenvalue weighted by Gasteiger charge is -2.30. The second-order valence-electron chi connectivity index (χ2n) is 8.38. The van der Waals surface area contributed by atoms with Crippen LogP contribution in [0.1, 0.15) is 37.7 Å². The summed E-state index contributed by atoms with van der Waals surface area (Å²) >= 11 is 0. The summed E-state index contributed by atoms with van der Waals surface area (Å²) < 4.78 is 15.5. The molecule has 1 aliphatic heterocycles. The molecule has 180 valence electrons. The first-order chi connectivity index (χ1) is 15.8. The first kappa shape index (κ1) is 24.3. The molecule has 10 nitrogen and oxygen atoms in total. The average molecular weight is 462 g/mol. The molecule has 2 aliphatic rings. The number of rotatable bonds is 9. The van der Waals surface area contributed by atoms with Crippen molar-refractivity contribution >= 4 is 23.8 Å². The van der Waals surface area contributed by atoms with Crippen molar-refractivity contribution in [2.75, 3.05) is 41.0 Å². The van der Waals surface area contributed by atoms with E-state index >= 15 is 0 Å². The molecule has 1 saturated carbocycles. The van der Waals surface area contributed by atoms with Crippen LogP contribution in [0.4, 0.5) is 4.79 Å². The highest BCUT2D eigenvalue weighted by atomic mass is 16.5. The monoisotopic (exact) mass is 461 g/mol. The molecule has 0 unspecified atom stereocenters. The van der Waals surface area contributed by atoms with Crippen LogP contribution in [-0.4, -0.2) is 80.1 Å². The van der Waals surface area contributed by atoms with Crippen LogP contribution in [0.5, 0.6) is 11.5 Å². The van der Waals surface area contributed by atoms with Crippen LogP contribution in [-0.2, 0) is 25.5 Å². The SMILES string of the molecule is COc1ccc(CCN(C)C(=O)COC(=O)CN2C(=O)NC3(CCCCC3)C2=O)cc1OC. The second-order valence-corrected chi connectivity index (χ2v) is 8.38. The van der Waals surface area contributed by atoms with E-state index in [2.05, 4.69) is 5.32 Å². The zero-order valence-corrected chi connectivity index (χ0v) is 19.3. The summed E-state index contributed by atoms with van der Waals surface area (Å²) in [6.45, 7) is -0.563. The zero-order chi connectivity index (χ0) is 24.0. The van der Waals surface area contributed by atoms with Crippen molar-refractivity contribution in [3.8, 4) is 11.5 Å². The fraction of sp³-hybridized carbons (Fsp3) is 0.565. The molecule has 0 radical (unpaired) electrons. The molecule has 1 aromatic carbocycles. The lowest BCUT2D eigenvalue weighted by atomic mass is 9.82. The summed E-state index contributed by atoms with van der Waals surface area (Å²) in [4.78, 5) is 51.9. The molecule has 1 saturated heterocycles. The van der Waals surface area contributed by atoms with Crippen LogP contribution in [0.2, 0.25) is 0 Å². The van der Waals surface area contributed by atoms with Crippen molar-refractivity contribution in [3.05, 3.63) is 23.8 Å². The molecular weight excluding hydrogens is 430 g/mol. The van der Waals surface area contributed by atoms with E-state index in [0.717, 1.165) is 29.7 Å². The van der Waals surface area contributed by atoms with Crippen LogP contribution in [0.15, 0.2) is 18.2 Å². The number of nitrogens with one attached hydrogen (secondary N) is 1. The van der Waals surface area contributed by atoms with Gasteiger partial charge in [-0.1, -0.05) is 25.3 Å². The van der Waals surface area contributed by atoms with Gasteiger partial charge in [-0.15, -0.1) is 0 Å². The highest BCUT2D eigenvalue weighted by Crippen LogP contribution is 2.33. The molecule has 1 heterocycles. The van der Waals surface area contributed by atoms with Gasteiger partial charge in [0.05, 0.1) is 14.2 Å². The number of nitrogens with zero attached hydrogens (tertiary/aromatic N) is 2. The Hall–Kier alpha value is -3.30. The third-order valence-corrected chi connectivity index (χ3v) is 6.21. The molecule has 4 amide bonds. The largest absolute Gasteiger partial charge is 0.493 e. The molecule has 1 N–H and O–H groups in total. The lowest BCUT2D eigenvalue weighted by Crippen LogP contribution is -2.48. The molecule has 10 heteroatoms. The van der Waals surface area contributed by atoms with Crippen molar-refractivity contribution in [1.82, 2.24) is 15.1 Å². The van der Waals surface area contributed by atoms with Crippen LogP contribution >= 0.6 is 0 Å². The summed E-state index contributed by atoms with van der Waals surface area (Å²) in [5.74, 6) is -0.342. The normalized spacial score (nSPS) is 17.0. The summed E-state index contributed by atoms with van der Waals surface area (Å²) in [7, 11) is 4.73. The smallest absolute Gasteiger partial charge is 0.326 e. The Labute approximate surface area is 193 Å². The number of amides is 4. The van der Waals surface area contributed by atoms with Gasteiger partial charge in [0.15, 0.2) is 18.1 Å². The van der Waals surface area contributed by atoms with E-state index in [1.807, 2.05) is 12.1 Å². The topological polar surface area (TPSA) is 114 Å². The maximum absolute atomic E-state index is 12.7. The molecule has 3 rings (SSSR count). The molecule has 2 fully saturated rings. The average Bonchev–Trinajstić information content (AvgIpc) is 3.04. The molecule has 1 aromatic rings. The Kier molecular flexibility index (Phi) is 7.78. The van der Waals surface area contributed by atoms with E-state index in [1.54, 1.807) is 27.3 Å². The van der Waals surface area contributed by atoms with Crippen LogP contribution in [0.25, 0.3) is 0 Å². The Morgan fingerprint density at radius 2 is 1.79 bits per heavy atom. The minimum Gasteiger partial charge on any atom is -0.493 e. The summed E-state index contributed by atoms with van der Waals surface area (Å²) in [6, 6.07) is 4.94. The van der Waals surface area contributed by atoms with Gasteiger partial charge in [0.1, 0.15) is 12.1 Å².